The van der Waals surface area contributed by atoms with Crippen LogP contribution in [0.5, 0.6) is 0 Å². The summed E-state index contributed by atoms with van der Waals surface area (Å²) in [7, 11) is 0. The minimum Gasteiger partial charge on any atom is -0.394 e. The third kappa shape index (κ3) is 3.82. The van der Waals surface area contributed by atoms with Crippen molar-refractivity contribution in [1.29, 1.82) is 0 Å². The summed E-state index contributed by atoms with van der Waals surface area (Å²) in [5.74, 6) is 0. The zero-order valence-electron chi connectivity index (χ0n) is 7.02. The highest BCUT2D eigenvalue weighted by atomic mass is 16.3. The highest BCUT2D eigenvalue weighted by Crippen LogP contribution is 2.00. The Morgan fingerprint density at radius 3 is 2.40 bits per heavy atom. The van der Waals surface area contributed by atoms with Crippen LogP contribution in [0.15, 0.2) is 0 Å². The van der Waals surface area contributed by atoms with Crippen molar-refractivity contribution < 1.29 is 5.11 Å². The highest BCUT2D eigenvalue weighted by molar-refractivity contribution is 4.78. The molecule has 0 aliphatic rings. The minimum atomic E-state index is -0.255. The first kappa shape index (κ1) is 9.88. The van der Waals surface area contributed by atoms with Crippen LogP contribution in [0, 0.1) is 0 Å². The molecule has 0 bridgehead atoms. The monoisotopic (exact) mass is 146 g/mol. The van der Waals surface area contributed by atoms with Gasteiger partial charge < -0.3 is 10.8 Å². The van der Waals surface area contributed by atoms with Crippen molar-refractivity contribution in [3.63, 3.8) is 0 Å². The second-order valence-electron chi connectivity index (χ2n) is 3.20. The van der Waals surface area contributed by atoms with E-state index in [1.54, 1.807) is 0 Å². The molecule has 0 aromatic carbocycles. The summed E-state index contributed by atoms with van der Waals surface area (Å²) >= 11 is 0. The molecule has 0 heterocycles. The zero-order chi connectivity index (χ0) is 8.20. The summed E-state index contributed by atoms with van der Waals surface area (Å²) in [6.45, 7) is 5.96. The molecule has 0 amide bonds. The van der Waals surface area contributed by atoms with E-state index in [0.717, 1.165) is 6.42 Å². The predicted molar refractivity (Wildman–Crippen MR) is 42.6 cm³/mol. The summed E-state index contributed by atoms with van der Waals surface area (Å²) in [6.07, 6.45) is 0.867. The van der Waals surface area contributed by atoms with Crippen molar-refractivity contribution in [2.24, 2.45) is 5.73 Å². The molecular formula is C7H18N2O. The van der Waals surface area contributed by atoms with E-state index in [1.807, 2.05) is 20.8 Å². The molecule has 0 fully saturated rings. The number of hydrogen-bond donors (Lipinski definition) is 3. The molecule has 0 saturated carbocycles. The van der Waals surface area contributed by atoms with Crippen LogP contribution in [0.25, 0.3) is 0 Å². The van der Waals surface area contributed by atoms with Crippen LogP contribution in [-0.4, -0.2) is 23.4 Å². The van der Waals surface area contributed by atoms with E-state index in [9.17, 15) is 0 Å². The fourth-order valence-electron chi connectivity index (χ4n) is 0.650. The van der Waals surface area contributed by atoms with Crippen molar-refractivity contribution in [3.05, 3.63) is 0 Å². The lowest BCUT2D eigenvalue weighted by Gasteiger charge is -2.27. The molecular weight excluding hydrogens is 128 g/mol. The molecule has 0 spiro atoms. The molecule has 3 nitrogen and oxygen atoms in total. The molecule has 10 heavy (non-hydrogen) atoms. The first-order valence-electron chi connectivity index (χ1n) is 3.66. The standard InChI is InChI=1S/C7H18N2O/c1-4-6(8)9-7(2,3)5-10/h6,9-10H,4-5,8H2,1-3H3. The lowest BCUT2D eigenvalue weighted by molar-refractivity contribution is 0.174. The SMILES string of the molecule is CCC(N)NC(C)(C)CO. The first-order chi connectivity index (χ1) is 4.52. The summed E-state index contributed by atoms with van der Waals surface area (Å²) in [5.41, 5.74) is 5.36. The van der Waals surface area contributed by atoms with E-state index in [-0.39, 0.29) is 18.3 Å². The van der Waals surface area contributed by atoms with Crippen LogP contribution in [0.2, 0.25) is 0 Å². The summed E-state index contributed by atoms with van der Waals surface area (Å²) in [5, 5.41) is 11.9. The average Bonchev–Trinajstić information content (AvgIpc) is 1.87. The fourth-order valence-corrected chi connectivity index (χ4v) is 0.650. The molecule has 1 unspecified atom stereocenters. The topological polar surface area (TPSA) is 58.3 Å². The normalized spacial score (nSPS) is 15.3. The van der Waals surface area contributed by atoms with Gasteiger partial charge in [-0.05, 0) is 20.3 Å². The van der Waals surface area contributed by atoms with Gasteiger partial charge in [0.1, 0.15) is 0 Å². The van der Waals surface area contributed by atoms with Gasteiger partial charge in [0.15, 0.2) is 0 Å². The molecule has 62 valence electrons. The van der Waals surface area contributed by atoms with Gasteiger partial charge in [-0.3, -0.25) is 5.32 Å². The van der Waals surface area contributed by atoms with Crippen molar-refractivity contribution in [2.75, 3.05) is 6.61 Å². The predicted octanol–water partition coefficient (Wildman–Crippen LogP) is 0.0417. The number of aliphatic hydroxyl groups is 1. The third-order valence-electron chi connectivity index (χ3n) is 1.41. The Morgan fingerprint density at radius 1 is 1.60 bits per heavy atom. The maximum atomic E-state index is 8.82. The Morgan fingerprint density at radius 2 is 2.10 bits per heavy atom. The number of rotatable bonds is 4. The smallest absolute Gasteiger partial charge is 0.0608 e. The summed E-state index contributed by atoms with van der Waals surface area (Å²) in [6, 6.07) is 0. The second kappa shape index (κ2) is 3.91. The van der Waals surface area contributed by atoms with Crippen molar-refractivity contribution in [3.8, 4) is 0 Å². The van der Waals surface area contributed by atoms with Crippen molar-refractivity contribution in [1.82, 2.24) is 5.32 Å². The lowest BCUT2D eigenvalue weighted by Crippen LogP contribution is -2.51. The number of aliphatic hydroxyl groups excluding tert-OH is 1. The molecule has 0 rings (SSSR count). The van der Waals surface area contributed by atoms with Gasteiger partial charge in [0.25, 0.3) is 0 Å². The molecule has 0 saturated heterocycles. The lowest BCUT2D eigenvalue weighted by atomic mass is 10.1. The average molecular weight is 146 g/mol. The van der Waals surface area contributed by atoms with Crippen molar-refractivity contribution >= 4 is 0 Å². The molecule has 4 N–H and O–H groups in total. The van der Waals surface area contributed by atoms with Crippen LogP contribution in [0.4, 0.5) is 0 Å². The Labute approximate surface area is 62.6 Å². The second-order valence-corrected chi connectivity index (χ2v) is 3.20. The van der Waals surface area contributed by atoms with Gasteiger partial charge in [0.05, 0.1) is 12.8 Å². The number of nitrogens with one attached hydrogen (secondary N) is 1. The van der Waals surface area contributed by atoms with E-state index in [2.05, 4.69) is 5.32 Å². The van der Waals surface area contributed by atoms with Crippen LogP contribution >= 0.6 is 0 Å². The number of hydrogen-bond acceptors (Lipinski definition) is 3. The van der Waals surface area contributed by atoms with Gasteiger partial charge in [0, 0.05) is 5.54 Å². The van der Waals surface area contributed by atoms with Gasteiger partial charge in [0.2, 0.25) is 0 Å². The Kier molecular flexibility index (Phi) is 3.86. The van der Waals surface area contributed by atoms with E-state index in [1.165, 1.54) is 0 Å². The van der Waals surface area contributed by atoms with E-state index < -0.39 is 0 Å². The maximum Gasteiger partial charge on any atom is 0.0608 e. The summed E-state index contributed by atoms with van der Waals surface area (Å²) < 4.78 is 0. The molecule has 0 aliphatic carbocycles. The minimum absolute atomic E-state index is 0.0119. The van der Waals surface area contributed by atoms with Gasteiger partial charge in [-0.25, -0.2) is 0 Å². The van der Waals surface area contributed by atoms with E-state index >= 15 is 0 Å². The molecule has 0 aliphatic heterocycles. The molecule has 0 radical (unpaired) electrons. The van der Waals surface area contributed by atoms with E-state index in [0.29, 0.717) is 0 Å². The molecule has 0 aromatic rings. The quantitative estimate of drug-likeness (QED) is 0.491. The van der Waals surface area contributed by atoms with Crippen molar-refractivity contribution in [2.45, 2.75) is 38.9 Å². The van der Waals surface area contributed by atoms with Crippen LogP contribution < -0.4 is 11.1 Å². The van der Waals surface area contributed by atoms with E-state index in [4.69, 9.17) is 10.8 Å². The molecule has 1 atom stereocenters. The van der Waals surface area contributed by atoms with Gasteiger partial charge >= 0.3 is 0 Å². The fraction of sp³-hybridized carbons (Fsp3) is 1.00. The molecule has 3 heteroatoms. The zero-order valence-corrected chi connectivity index (χ0v) is 7.02. The number of nitrogens with two attached hydrogens (primary N) is 1. The van der Waals surface area contributed by atoms with Gasteiger partial charge in [-0.1, -0.05) is 6.92 Å². The van der Waals surface area contributed by atoms with Crippen LogP contribution in [-0.2, 0) is 0 Å². The largest absolute Gasteiger partial charge is 0.394 e. The Bertz CT molecular complexity index is 93.6. The molecule has 0 aromatic heterocycles. The van der Waals surface area contributed by atoms with Crippen LogP contribution in [0.3, 0.4) is 0 Å². The Hall–Kier alpha value is -0.120. The first-order valence-corrected chi connectivity index (χ1v) is 3.66. The maximum absolute atomic E-state index is 8.82. The van der Waals surface area contributed by atoms with Crippen LogP contribution in [0.1, 0.15) is 27.2 Å². The van der Waals surface area contributed by atoms with Gasteiger partial charge in [-0.2, -0.15) is 0 Å². The highest BCUT2D eigenvalue weighted by Gasteiger charge is 2.17. The Balaban J connectivity index is 3.64. The third-order valence-corrected chi connectivity index (χ3v) is 1.41. The summed E-state index contributed by atoms with van der Waals surface area (Å²) in [4.78, 5) is 0. The van der Waals surface area contributed by atoms with Gasteiger partial charge in [-0.15, -0.1) is 0 Å².